The van der Waals surface area contributed by atoms with Gasteiger partial charge in [-0.1, -0.05) is 18.2 Å². The molecule has 2 aromatic rings. The lowest BCUT2D eigenvalue weighted by Crippen LogP contribution is -2.16. The van der Waals surface area contributed by atoms with E-state index in [9.17, 15) is 14.0 Å². The average Bonchev–Trinajstić information content (AvgIpc) is 2.43. The molecule has 0 heterocycles. The smallest absolute Gasteiger partial charge is 0.335 e. The molecule has 0 aliphatic heterocycles. The van der Waals surface area contributed by atoms with Gasteiger partial charge in [-0.25, -0.2) is 9.18 Å². The standard InChI is InChI=1S/C15H11BrFNO3/c16-12-8-10(5-6-13(12)17)18-14(19)7-9-3-1-2-4-11(9)15(20)21/h1-6,8H,7H2,(H,18,19)(H,20,21). The molecule has 0 fully saturated rings. The van der Waals surface area contributed by atoms with Crippen LogP contribution in [0, 0.1) is 5.82 Å². The molecule has 2 aromatic carbocycles. The van der Waals surface area contributed by atoms with E-state index in [0.29, 0.717) is 11.3 Å². The molecule has 1 amide bonds. The molecule has 0 aliphatic carbocycles. The van der Waals surface area contributed by atoms with Crippen LogP contribution in [0.3, 0.4) is 0 Å². The molecule has 0 saturated heterocycles. The maximum atomic E-state index is 13.1. The number of carbonyl (C=O) groups is 2. The summed E-state index contributed by atoms with van der Waals surface area (Å²) < 4.78 is 13.3. The quantitative estimate of drug-likeness (QED) is 0.886. The molecule has 21 heavy (non-hydrogen) atoms. The maximum Gasteiger partial charge on any atom is 0.335 e. The molecule has 0 aliphatic rings. The van der Waals surface area contributed by atoms with Gasteiger partial charge in [-0.2, -0.15) is 0 Å². The third-order valence-corrected chi connectivity index (χ3v) is 3.41. The number of carboxylic acids is 1. The Hall–Kier alpha value is -2.21. The zero-order valence-corrected chi connectivity index (χ0v) is 12.4. The van der Waals surface area contributed by atoms with Crippen LogP contribution in [0.4, 0.5) is 10.1 Å². The number of hydrogen-bond donors (Lipinski definition) is 2. The number of aromatic carboxylic acids is 1. The molecule has 0 aromatic heterocycles. The molecule has 0 radical (unpaired) electrons. The summed E-state index contributed by atoms with van der Waals surface area (Å²) >= 11 is 3.03. The van der Waals surface area contributed by atoms with E-state index in [2.05, 4.69) is 21.2 Å². The van der Waals surface area contributed by atoms with Gasteiger partial charge in [0.25, 0.3) is 0 Å². The molecule has 2 N–H and O–H groups in total. The van der Waals surface area contributed by atoms with Crippen molar-refractivity contribution in [2.24, 2.45) is 0 Å². The predicted octanol–water partition coefficient (Wildman–Crippen LogP) is 3.47. The zero-order chi connectivity index (χ0) is 15.4. The predicted molar refractivity (Wildman–Crippen MR) is 79.8 cm³/mol. The monoisotopic (exact) mass is 351 g/mol. The number of rotatable bonds is 4. The van der Waals surface area contributed by atoms with Crippen molar-refractivity contribution in [2.45, 2.75) is 6.42 Å². The summed E-state index contributed by atoms with van der Waals surface area (Å²) in [6.07, 6.45) is -0.0720. The summed E-state index contributed by atoms with van der Waals surface area (Å²) in [6, 6.07) is 10.4. The first kappa shape index (κ1) is 15.2. The summed E-state index contributed by atoms with van der Waals surface area (Å²) in [5.74, 6) is -1.88. The summed E-state index contributed by atoms with van der Waals surface area (Å²) in [4.78, 5) is 23.0. The fourth-order valence-corrected chi connectivity index (χ4v) is 2.21. The van der Waals surface area contributed by atoms with Gasteiger partial charge in [0.2, 0.25) is 5.91 Å². The van der Waals surface area contributed by atoms with Crippen LogP contribution in [0.1, 0.15) is 15.9 Å². The molecule has 0 atom stereocenters. The van der Waals surface area contributed by atoms with Crippen molar-refractivity contribution in [3.63, 3.8) is 0 Å². The van der Waals surface area contributed by atoms with Crippen molar-refractivity contribution in [3.8, 4) is 0 Å². The van der Waals surface area contributed by atoms with Crippen LogP contribution in [0.2, 0.25) is 0 Å². The van der Waals surface area contributed by atoms with Gasteiger partial charge in [-0.3, -0.25) is 4.79 Å². The normalized spacial score (nSPS) is 10.2. The summed E-state index contributed by atoms with van der Waals surface area (Å²) in [5.41, 5.74) is 0.942. The van der Waals surface area contributed by atoms with Crippen molar-refractivity contribution in [2.75, 3.05) is 5.32 Å². The maximum absolute atomic E-state index is 13.1. The van der Waals surface area contributed by atoms with Gasteiger partial charge in [0, 0.05) is 5.69 Å². The van der Waals surface area contributed by atoms with Crippen LogP contribution in [0.15, 0.2) is 46.9 Å². The van der Waals surface area contributed by atoms with Gasteiger partial charge in [0.05, 0.1) is 16.5 Å². The van der Waals surface area contributed by atoms with Crippen molar-refractivity contribution >= 4 is 33.5 Å². The van der Waals surface area contributed by atoms with Crippen LogP contribution in [-0.2, 0) is 11.2 Å². The van der Waals surface area contributed by atoms with Gasteiger partial charge >= 0.3 is 5.97 Å². The molecule has 0 saturated carbocycles. The van der Waals surface area contributed by atoms with Crippen LogP contribution >= 0.6 is 15.9 Å². The van der Waals surface area contributed by atoms with Gasteiger partial charge < -0.3 is 10.4 Å². The Morgan fingerprint density at radius 3 is 2.57 bits per heavy atom. The second-order valence-corrected chi connectivity index (χ2v) is 5.17. The molecular formula is C15H11BrFNO3. The van der Waals surface area contributed by atoms with E-state index in [4.69, 9.17) is 5.11 Å². The average molecular weight is 352 g/mol. The van der Waals surface area contributed by atoms with E-state index < -0.39 is 11.8 Å². The van der Waals surface area contributed by atoms with Crippen LogP contribution in [0.25, 0.3) is 0 Å². The largest absolute Gasteiger partial charge is 0.478 e. The second-order valence-electron chi connectivity index (χ2n) is 4.32. The van der Waals surface area contributed by atoms with Crippen LogP contribution < -0.4 is 5.32 Å². The highest BCUT2D eigenvalue weighted by Gasteiger charge is 2.13. The molecule has 4 nitrogen and oxygen atoms in total. The molecule has 6 heteroatoms. The van der Waals surface area contributed by atoms with Gasteiger partial charge in [0.1, 0.15) is 5.82 Å². The lowest BCUT2D eigenvalue weighted by molar-refractivity contribution is -0.115. The fraction of sp³-hybridized carbons (Fsp3) is 0.0667. The number of hydrogen-bond acceptors (Lipinski definition) is 2. The number of halogens is 2. The minimum Gasteiger partial charge on any atom is -0.478 e. The molecule has 0 bridgehead atoms. The number of anilines is 1. The van der Waals surface area contributed by atoms with E-state index in [1.165, 1.54) is 24.3 Å². The fourth-order valence-electron chi connectivity index (χ4n) is 1.84. The van der Waals surface area contributed by atoms with E-state index >= 15 is 0 Å². The first-order valence-electron chi connectivity index (χ1n) is 6.03. The van der Waals surface area contributed by atoms with E-state index in [-0.39, 0.29) is 22.4 Å². The Balaban J connectivity index is 2.12. The van der Waals surface area contributed by atoms with Crippen molar-refractivity contribution < 1.29 is 19.1 Å². The van der Waals surface area contributed by atoms with Gasteiger partial charge in [0.15, 0.2) is 0 Å². The molecular weight excluding hydrogens is 341 g/mol. The van der Waals surface area contributed by atoms with Crippen LogP contribution in [0.5, 0.6) is 0 Å². The molecule has 0 spiro atoms. The van der Waals surface area contributed by atoms with Gasteiger partial charge in [-0.15, -0.1) is 0 Å². The number of amides is 1. The van der Waals surface area contributed by atoms with Crippen molar-refractivity contribution in [3.05, 3.63) is 63.9 Å². The number of benzene rings is 2. The van der Waals surface area contributed by atoms with Crippen molar-refractivity contribution in [1.29, 1.82) is 0 Å². The lowest BCUT2D eigenvalue weighted by Gasteiger charge is -2.08. The summed E-state index contributed by atoms with van der Waals surface area (Å²) in [5, 5.41) is 11.7. The number of carbonyl (C=O) groups excluding carboxylic acids is 1. The van der Waals surface area contributed by atoms with E-state index in [1.807, 2.05) is 0 Å². The Labute approximate surface area is 128 Å². The minimum absolute atomic E-state index is 0.0720. The van der Waals surface area contributed by atoms with E-state index in [0.717, 1.165) is 0 Å². The van der Waals surface area contributed by atoms with Crippen LogP contribution in [-0.4, -0.2) is 17.0 Å². The highest BCUT2D eigenvalue weighted by molar-refractivity contribution is 9.10. The Bertz CT molecular complexity index is 703. The number of carboxylic acid groups (broad SMARTS) is 1. The molecule has 2 rings (SSSR count). The topological polar surface area (TPSA) is 66.4 Å². The first-order valence-corrected chi connectivity index (χ1v) is 6.83. The Morgan fingerprint density at radius 1 is 1.19 bits per heavy atom. The highest BCUT2D eigenvalue weighted by Crippen LogP contribution is 2.20. The third-order valence-electron chi connectivity index (χ3n) is 2.80. The summed E-state index contributed by atoms with van der Waals surface area (Å²) in [7, 11) is 0. The first-order chi connectivity index (χ1) is 9.97. The SMILES string of the molecule is O=C(Cc1ccccc1C(=O)O)Nc1ccc(F)c(Br)c1. The zero-order valence-electron chi connectivity index (χ0n) is 10.8. The summed E-state index contributed by atoms with van der Waals surface area (Å²) in [6.45, 7) is 0. The van der Waals surface area contributed by atoms with E-state index in [1.54, 1.807) is 18.2 Å². The third kappa shape index (κ3) is 3.88. The minimum atomic E-state index is -1.08. The number of nitrogens with one attached hydrogen (secondary N) is 1. The Kier molecular flexibility index (Phi) is 4.70. The second kappa shape index (κ2) is 6.49. The van der Waals surface area contributed by atoms with Gasteiger partial charge in [-0.05, 0) is 45.8 Å². The lowest BCUT2D eigenvalue weighted by atomic mass is 10.0. The molecule has 108 valence electrons. The molecule has 0 unspecified atom stereocenters. The highest BCUT2D eigenvalue weighted by atomic mass is 79.9. The van der Waals surface area contributed by atoms with Crippen molar-refractivity contribution in [1.82, 2.24) is 0 Å². The Morgan fingerprint density at radius 2 is 1.90 bits per heavy atom.